The smallest absolute Gasteiger partial charge is 0.230 e. The van der Waals surface area contributed by atoms with Crippen molar-refractivity contribution in [3.05, 3.63) is 18.2 Å². The van der Waals surface area contributed by atoms with Gasteiger partial charge in [-0.3, -0.25) is 9.59 Å². The minimum absolute atomic E-state index is 0.0914. The topological polar surface area (TPSA) is 67.4 Å². The van der Waals surface area contributed by atoms with Crippen molar-refractivity contribution in [2.45, 2.75) is 49.8 Å². The maximum Gasteiger partial charge on any atom is 0.230 e. The molecule has 2 unspecified atom stereocenters. The highest BCUT2D eigenvalue weighted by Gasteiger charge is 2.59. The Morgan fingerprint density at radius 1 is 1.15 bits per heavy atom. The first-order valence-electron chi connectivity index (χ1n) is 9.27. The molecule has 140 valence electrons. The Morgan fingerprint density at radius 2 is 1.85 bits per heavy atom. The van der Waals surface area contributed by atoms with Gasteiger partial charge in [-0.05, 0) is 68.6 Å². The highest BCUT2D eigenvalue weighted by atomic mass is 79.9. The number of nitrogens with one attached hydrogen (secondary N) is 2. The lowest BCUT2D eigenvalue weighted by atomic mass is 9.49. The molecule has 5 nitrogen and oxygen atoms in total. The largest absolute Gasteiger partial charge is 0.495 e. The highest BCUT2D eigenvalue weighted by molar-refractivity contribution is 9.10. The summed E-state index contributed by atoms with van der Waals surface area (Å²) in [6.07, 6.45) is 6.53. The second kappa shape index (κ2) is 6.25. The number of benzene rings is 1. The standard InChI is InChI=1S/C20H25BrN2O3/c1-12(24)22-15-3-4-17(26-2)16(6-15)23-18(25)19-7-13-5-14(8-19)10-20(21,9-13)11-19/h3-4,6,13-14H,5,7-11H2,1-2H3,(H,22,24)(H,23,25)/t13-,14+,19?,20?. The summed E-state index contributed by atoms with van der Waals surface area (Å²) >= 11 is 3.96. The number of carbonyl (C=O) groups excluding carboxylic acids is 2. The summed E-state index contributed by atoms with van der Waals surface area (Å²) in [5, 5.41) is 5.87. The van der Waals surface area contributed by atoms with E-state index in [1.807, 2.05) is 0 Å². The van der Waals surface area contributed by atoms with E-state index in [1.54, 1.807) is 25.3 Å². The molecular weight excluding hydrogens is 396 g/mol. The van der Waals surface area contributed by atoms with Crippen LogP contribution >= 0.6 is 15.9 Å². The van der Waals surface area contributed by atoms with Crippen LogP contribution in [-0.4, -0.2) is 23.2 Å². The molecule has 4 saturated carbocycles. The Hall–Kier alpha value is -1.56. The number of rotatable bonds is 4. The zero-order valence-corrected chi connectivity index (χ0v) is 16.8. The third kappa shape index (κ3) is 3.13. The Balaban J connectivity index is 1.59. The molecule has 4 atom stereocenters. The number of alkyl halides is 1. The van der Waals surface area contributed by atoms with Gasteiger partial charge in [0.2, 0.25) is 11.8 Å². The zero-order valence-electron chi connectivity index (χ0n) is 15.2. The fourth-order valence-electron chi connectivity index (χ4n) is 5.76. The number of ether oxygens (including phenoxy) is 1. The third-order valence-electron chi connectivity index (χ3n) is 6.24. The van der Waals surface area contributed by atoms with Gasteiger partial charge in [0.15, 0.2) is 0 Å². The number of carbonyl (C=O) groups is 2. The Morgan fingerprint density at radius 3 is 2.42 bits per heavy atom. The summed E-state index contributed by atoms with van der Waals surface area (Å²) in [7, 11) is 1.58. The van der Waals surface area contributed by atoms with Crippen LogP contribution in [0, 0.1) is 17.3 Å². The molecule has 0 saturated heterocycles. The second-order valence-corrected chi connectivity index (χ2v) is 10.1. The summed E-state index contributed by atoms with van der Waals surface area (Å²) < 4.78 is 5.54. The van der Waals surface area contributed by atoms with Gasteiger partial charge in [0.05, 0.1) is 18.2 Å². The first-order chi connectivity index (χ1) is 12.3. The van der Waals surface area contributed by atoms with Gasteiger partial charge in [0.1, 0.15) is 5.75 Å². The highest BCUT2D eigenvalue weighted by Crippen LogP contribution is 2.64. The average Bonchev–Trinajstić information content (AvgIpc) is 2.52. The fraction of sp³-hybridized carbons (Fsp3) is 0.600. The van der Waals surface area contributed by atoms with Gasteiger partial charge in [-0.2, -0.15) is 0 Å². The predicted molar refractivity (Wildman–Crippen MR) is 105 cm³/mol. The van der Waals surface area contributed by atoms with Crippen LogP contribution in [0.2, 0.25) is 0 Å². The van der Waals surface area contributed by atoms with Gasteiger partial charge in [-0.1, -0.05) is 15.9 Å². The van der Waals surface area contributed by atoms with Gasteiger partial charge >= 0.3 is 0 Å². The van der Waals surface area contributed by atoms with Crippen molar-refractivity contribution in [1.82, 2.24) is 0 Å². The van der Waals surface area contributed by atoms with E-state index in [0.29, 0.717) is 29.0 Å². The first-order valence-corrected chi connectivity index (χ1v) is 10.1. The van der Waals surface area contributed by atoms with Crippen LogP contribution in [0.4, 0.5) is 11.4 Å². The Labute approximate surface area is 162 Å². The summed E-state index contributed by atoms with van der Waals surface area (Å²) in [5.74, 6) is 1.84. The van der Waals surface area contributed by atoms with Gasteiger partial charge in [0.25, 0.3) is 0 Å². The lowest BCUT2D eigenvalue weighted by molar-refractivity contribution is -0.138. The number of amides is 2. The summed E-state index contributed by atoms with van der Waals surface area (Å²) in [4.78, 5) is 24.7. The van der Waals surface area contributed by atoms with Gasteiger partial charge in [0, 0.05) is 16.9 Å². The molecule has 1 aromatic rings. The van der Waals surface area contributed by atoms with E-state index in [4.69, 9.17) is 4.74 Å². The van der Waals surface area contributed by atoms with E-state index in [0.717, 1.165) is 19.3 Å². The minimum Gasteiger partial charge on any atom is -0.495 e. The van der Waals surface area contributed by atoms with E-state index in [9.17, 15) is 9.59 Å². The number of hydrogen-bond acceptors (Lipinski definition) is 3. The maximum absolute atomic E-state index is 13.3. The first kappa shape index (κ1) is 17.8. The van der Waals surface area contributed by atoms with Crippen molar-refractivity contribution in [1.29, 1.82) is 0 Å². The van der Waals surface area contributed by atoms with Crippen molar-refractivity contribution < 1.29 is 14.3 Å². The van der Waals surface area contributed by atoms with Crippen LogP contribution in [0.15, 0.2) is 18.2 Å². The zero-order chi connectivity index (χ0) is 18.5. The molecule has 0 aromatic heterocycles. The molecule has 4 fully saturated rings. The van der Waals surface area contributed by atoms with Crippen LogP contribution in [0.25, 0.3) is 0 Å². The third-order valence-corrected chi connectivity index (χ3v) is 7.17. The van der Waals surface area contributed by atoms with Gasteiger partial charge < -0.3 is 15.4 Å². The summed E-state index contributed by atoms with van der Waals surface area (Å²) in [6, 6.07) is 5.31. The molecule has 0 spiro atoms. The molecule has 6 heteroatoms. The normalized spacial score (nSPS) is 34.4. The average molecular weight is 421 g/mol. The molecule has 5 rings (SSSR count). The molecule has 0 radical (unpaired) electrons. The van der Waals surface area contributed by atoms with E-state index in [2.05, 4.69) is 26.6 Å². The van der Waals surface area contributed by atoms with Crippen LogP contribution in [-0.2, 0) is 9.59 Å². The van der Waals surface area contributed by atoms with Crippen LogP contribution in [0.5, 0.6) is 5.75 Å². The monoisotopic (exact) mass is 420 g/mol. The maximum atomic E-state index is 13.3. The molecule has 26 heavy (non-hydrogen) atoms. The number of halogens is 1. The van der Waals surface area contributed by atoms with Crippen molar-refractivity contribution in [3.63, 3.8) is 0 Å². The van der Waals surface area contributed by atoms with Crippen LogP contribution in [0.3, 0.4) is 0 Å². The number of hydrogen-bond donors (Lipinski definition) is 2. The molecule has 4 aliphatic rings. The fourth-order valence-corrected chi connectivity index (χ4v) is 7.21. The lowest BCUT2D eigenvalue weighted by Gasteiger charge is -2.59. The molecule has 2 N–H and O–H groups in total. The van der Waals surface area contributed by atoms with Crippen molar-refractivity contribution in [3.8, 4) is 5.75 Å². The van der Waals surface area contributed by atoms with Crippen molar-refractivity contribution in [2.24, 2.45) is 17.3 Å². The molecule has 4 bridgehead atoms. The summed E-state index contributed by atoms with van der Waals surface area (Å²) in [5.41, 5.74) is 0.974. The van der Waals surface area contributed by atoms with E-state index in [1.165, 1.54) is 26.2 Å². The molecule has 2 amide bonds. The Bertz CT molecular complexity index is 749. The Kier molecular flexibility index (Phi) is 4.29. The molecule has 4 aliphatic carbocycles. The quantitative estimate of drug-likeness (QED) is 0.712. The van der Waals surface area contributed by atoms with E-state index in [-0.39, 0.29) is 21.6 Å². The molecule has 0 heterocycles. The van der Waals surface area contributed by atoms with E-state index < -0.39 is 0 Å². The van der Waals surface area contributed by atoms with E-state index >= 15 is 0 Å². The van der Waals surface area contributed by atoms with Crippen LogP contribution < -0.4 is 15.4 Å². The molecule has 1 aromatic carbocycles. The van der Waals surface area contributed by atoms with Gasteiger partial charge in [-0.25, -0.2) is 0 Å². The summed E-state index contributed by atoms with van der Waals surface area (Å²) in [6.45, 7) is 1.47. The molecular formula is C20H25BrN2O3. The molecule has 0 aliphatic heterocycles. The second-order valence-electron chi connectivity index (χ2n) is 8.44. The SMILES string of the molecule is COc1ccc(NC(C)=O)cc1NC(=O)C12C[C@@H]3C[C@@H](CC(Br)(C3)C1)C2. The predicted octanol–water partition coefficient (Wildman–Crippen LogP) is 4.33. The number of anilines is 2. The minimum atomic E-state index is -0.289. The van der Waals surface area contributed by atoms with Gasteiger partial charge in [-0.15, -0.1) is 0 Å². The van der Waals surface area contributed by atoms with Crippen LogP contribution in [0.1, 0.15) is 45.4 Å². The lowest BCUT2D eigenvalue weighted by Crippen LogP contribution is -2.57. The van der Waals surface area contributed by atoms with Crippen molar-refractivity contribution >= 4 is 39.1 Å². The van der Waals surface area contributed by atoms with Crippen molar-refractivity contribution in [2.75, 3.05) is 17.7 Å². The number of methoxy groups -OCH3 is 1.